The number of para-hydroxylation sites is 2. The summed E-state index contributed by atoms with van der Waals surface area (Å²) in [5.74, 6) is -0.228. The van der Waals surface area contributed by atoms with Gasteiger partial charge < -0.3 is 14.8 Å². The molecule has 0 spiro atoms. The van der Waals surface area contributed by atoms with Crippen LogP contribution < -0.4 is 10.1 Å². The summed E-state index contributed by atoms with van der Waals surface area (Å²) in [6.45, 7) is 2.40. The first-order valence-corrected chi connectivity index (χ1v) is 5.52. The van der Waals surface area contributed by atoms with Crippen molar-refractivity contribution in [3.8, 4) is 5.75 Å². The maximum absolute atomic E-state index is 12.2. The predicted molar refractivity (Wildman–Crippen MR) is 62.7 cm³/mol. The van der Waals surface area contributed by atoms with Crippen LogP contribution in [-0.4, -0.2) is 26.1 Å². The summed E-state index contributed by atoms with van der Waals surface area (Å²) >= 11 is 0. The highest BCUT2D eigenvalue weighted by Crippen LogP contribution is 2.30. The molecule has 6 heteroatoms. The fourth-order valence-corrected chi connectivity index (χ4v) is 1.43. The van der Waals surface area contributed by atoms with Crippen molar-refractivity contribution in [1.82, 2.24) is 0 Å². The van der Waals surface area contributed by atoms with Crippen LogP contribution in [-0.2, 0) is 4.74 Å². The van der Waals surface area contributed by atoms with Crippen LogP contribution in [0.3, 0.4) is 0 Å². The molecule has 0 aliphatic carbocycles. The van der Waals surface area contributed by atoms with Gasteiger partial charge in [-0.25, -0.2) is 0 Å². The largest absolute Gasteiger partial charge is 0.573 e. The lowest BCUT2D eigenvalue weighted by atomic mass is 10.2. The molecule has 1 N–H and O–H groups in total. The van der Waals surface area contributed by atoms with Gasteiger partial charge in [-0.2, -0.15) is 0 Å². The monoisotopic (exact) mass is 263 g/mol. The summed E-state index contributed by atoms with van der Waals surface area (Å²) in [5.41, 5.74) is 0.318. The molecule has 1 unspecified atom stereocenters. The normalized spacial score (nSPS) is 13.2. The van der Waals surface area contributed by atoms with Gasteiger partial charge in [-0.15, -0.1) is 13.2 Å². The lowest BCUT2D eigenvalue weighted by Crippen LogP contribution is -2.21. The van der Waals surface area contributed by atoms with E-state index in [1.165, 1.54) is 12.1 Å². The number of benzene rings is 1. The van der Waals surface area contributed by atoms with Crippen LogP contribution in [0.1, 0.15) is 13.3 Å². The van der Waals surface area contributed by atoms with Crippen LogP contribution in [0.5, 0.6) is 5.75 Å². The van der Waals surface area contributed by atoms with Gasteiger partial charge in [0.1, 0.15) is 0 Å². The standard InChI is InChI=1S/C12H16F3NO2/c1-9(7-8-17-2)16-10-5-3-4-6-11(10)18-12(13,14)15/h3-6,9,16H,7-8H2,1-2H3. The topological polar surface area (TPSA) is 30.5 Å². The van der Waals surface area contributed by atoms with Crippen molar-refractivity contribution in [3.05, 3.63) is 24.3 Å². The summed E-state index contributed by atoms with van der Waals surface area (Å²) in [5, 5.41) is 2.96. The summed E-state index contributed by atoms with van der Waals surface area (Å²) in [6, 6.07) is 5.95. The number of rotatable bonds is 6. The van der Waals surface area contributed by atoms with E-state index in [1.807, 2.05) is 6.92 Å². The van der Waals surface area contributed by atoms with Gasteiger partial charge in [0.05, 0.1) is 5.69 Å². The lowest BCUT2D eigenvalue weighted by Gasteiger charge is -2.18. The molecule has 102 valence electrons. The first kappa shape index (κ1) is 14.6. The summed E-state index contributed by atoms with van der Waals surface area (Å²) in [6.07, 6.45) is -4.00. The maximum Gasteiger partial charge on any atom is 0.573 e. The number of ether oxygens (including phenoxy) is 2. The van der Waals surface area contributed by atoms with Crippen molar-refractivity contribution in [2.24, 2.45) is 0 Å². The third-order valence-corrected chi connectivity index (χ3v) is 2.27. The predicted octanol–water partition coefficient (Wildman–Crippen LogP) is 3.42. The minimum absolute atomic E-state index is 0.0112. The third kappa shape index (κ3) is 5.27. The Morgan fingerprint density at radius 1 is 1.28 bits per heavy atom. The highest BCUT2D eigenvalue weighted by molar-refractivity contribution is 5.56. The van der Waals surface area contributed by atoms with Gasteiger partial charge in [0.15, 0.2) is 5.75 Å². The second-order valence-electron chi connectivity index (χ2n) is 3.87. The van der Waals surface area contributed by atoms with E-state index in [9.17, 15) is 13.2 Å². The molecule has 1 aromatic rings. The van der Waals surface area contributed by atoms with Crippen molar-refractivity contribution in [1.29, 1.82) is 0 Å². The Bertz CT molecular complexity index is 369. The first-order valence-electron chi connectivity index (χ1n) is 5.52. The molecule has 0 radical (unpaired) electrons. The number of alkyl halides is 3. The minimum Gasteiger partial charge on any atom is -0.404 e. The Labute approximate surface area is 104 Å². The molecule has 1 rings (SSSR count). The van der Waals surface area contributed by atoms with Crippen LogP contribution in [0.15, 0.2) is 24.3 Å². The molecule has 1 aromatic carbocycles. The molecule has 0 fully saturated rings. The average molecular weight is 263 g/mol. The van der Waals surface area contributed by atoms with Gasteiger partial charge >= 0.3 is 6.36 Å². The maximum atomic E-state index is 12.2. The van der Waals surface area contributed by atoms with E-state index in [-0.39, 0.29) is 11.8 Å². The molecule has 0 aromatic heterocycles. The lowest BCUT2D eigenvalue weighted by molar-refractivity contribution is -0.274. The minimum atomic E-state index is -4.69. The Hall–Kier alpha value is -1.43. The van der Waals surface area contributed by atoms with E-state index < -0.39 is 6.36 Å². The van der Waals surface area contributed by atoms with Crippen LogP contribution in [0, 0.1) is 0 Å². The second kappa shape index (κ2) is 6.49. The zero-order valence-electron chi connectivity index (χ0n) is 10.3. The number of halogens is 3. The van der Waals surface area contributed by atoms with Crippen LogP contribution in [0.2, 0.25) is 0 Å². The van der Waals surface area contributed by atoms with E-state index in [4.69, 9.17) is 4.74 Å². The molecule has 18 heavy (non-hydrogen) atoms. The highest BCUT2D eigenvalue weighted by Gasteiger charge is 2.32. The SMILES string of the molecule is COCCC(C)Nc1ccccc1OC(F)(F)F. The first-order chi connectivity index (χ1) is 8.42. The Morgan fingerprint density at radius 2 is 1.94 bits per heavy atom. The molecule has 0 aliphatic heterocycles. The summed E-state index contributed by atoms with van der Waals surface area (Å²) < 4.78 is 45.4. The van der Waals surface area contributed by atoms with Crippen molar-refractivity contribution >= 4 is 5.69 Å². The van der Waals surface area contributed by atoms with Crippen LogP contribution in [0.4, 0.5) is 18.9 Å². The second-order valence-corrected chi connectivity index (χ2v) is 3.87. The van der Waals surface area contributed by atoms with Crippen molar-refractivity contribution in [2.45, 2.75) is 25.7 Å². The van der Waals surface area contributed by atoms with Crippen molar-refractivity contribution < 1.29 is 22.6 Å². The number of methoxy groups -OCH3 is 1. The Balaban J connectivity index is 2.70. The molecular weight excluding hydrogens is 247 g/mol. The smallest absolute Gasteiger partial charge is 0.404 e. The van der Waals surface area contributed by atoms with Gasteiger partial charge in [0.2, 0.25) is 0 Å². The van der Waals surface area contributed by atoms with Crippen LogP contribution >= 0.6 is 0 Å². The Kier molecular flexibility index (Phi) is 5.27. The fourth-order valence-electron chi connectivity index (χ4n) is 1.43. The molecular formula is C12H16F3NO2. The zero-order valence-corrected chi connectivity index (χ0v) is 10.3. The van der Waals surface area contributed by atoms with E-state index in [1.54, 1.807) is 19.2 Å². The molecule has 3 nitrogen and oxygen atoms in total. The molecule has 1 atom stereocenters. The summed E-state index contributed by atoms with van der Waals surface area (Å²) in [7, 11) is 1.58. The molecule has 0 aliphatic rings. The quantitative estimate of drug-likeness (QED) is 0.853. The molecule has 0 saturated heterocycles. The number of nitrogens with one attached hydrogen (secondary N) is 1. The van der Waals surface area contributed by atoms with Gasteiger partial charge in [-0.3, -0.25) is 0 Å². The van der Waals surface area contributed by atoms with Gasteiger partial charge in [-0.05, 0) is 25.5 Å². The number of hydrogen-bond donors (Lipinski definition) is 1. The van der Waals surface area contributed by atoms with Crippen molar-refractivity contribution in [2.75, 3.05) is 19.0 Å². The van der Waals surface area contributed by atoms with Crippen molar-refractivity contribution in [3.63, 3.8) is 0 Å². The van der Waals surface area contributed by atoms with E-state index in [0.29, 0.717) is 18.7 Å². The van der Waals surface area contributed by atoms with E-state index in [0.717, 1.165) is 0 Å². The Morgan fingerprint density at radius 3 is 2.56 bits per heavy atom. The number of hydrogen-bond acceptors (Lipinski definition) is 3. The van der Waals surface area contributed by atoms with Gasteiger partial charge in [0, 0.05) is 19.8 Å². The van der Waals surface area contributed by atoms with Gasteiger partial charge in [-0.1, -0.05) is 12.1 Å². The molecule has 0 amide bonds. The van der Waals surface area contributed by atoms with Gasteiger partial charge in [0.25, 0.3) is 0 Å². The third-order valence-electron chi connectivity index (χ3n) is 2.27. The fraction of sp³-hybridized carbons (Fsp3) is 0.500. The van der Waals surface area contributed by atoms with E-state index >= 15 is 0 Å². The molecule has 0 bridgehead atoms. The molecule has 0 saturated carbocycles. The average Bonchev–Trinajstić information content (AvgIpc) is 2.27. The van der Waals surface area contributed by atoms with Crippen LogP contribution in [0.25, 0.3) is 0 Å². The highest BCUT2D eigenvalue weighted by atomic mass is 19.4. The summed E-state index contributed by atoms with van der Waals surface area (Å²) in [4.78, 5) is 0. The number of anilines is 1. The van der Waals surface area contributed by atoms with E-state index in [2.05, 4.69) is 10.1 Å². The molecule has 0 heterocycles. The zero-order chi connectivity index (χ0) is 13.6.